The minimum absolute atomic E-state index is 0.103. The molecule has 0 bridgehead atoms. The molecule has 0 saturated heterocycles. The molecule has 0 heterocycles. The van der Waals surface area contributed by atoms with Crippen LogP contribution in [0.15, 0.2) is 0 Å². The highest BCUT2D eigenvalue weighted by Gasteiger charge is 2.30. The second-order valence-electron chi connectivity index (χ2n) is 27.3. The molecule has 0 radical (unpaired) electrons. The number of carbonyl (C=O) groups is 4. The van der Waals surface area contributed by atoms with E-state index in [9.17, 15) is 43.2 Å². The predicted octanol–water partition coefficient (Wildman–Crippen LogP) is 22.1. The van der Waals surface area contributed by atoms with Crippen molar-refractivity contribution in [3.8, 4) is 0 Å². The van der Waals surface area contributed by atoms with Crippen molar-refractivity contribution in [3.05, 3.63) is 0 Å². The molecular weight excluding hydrogens is 1230 g/mol. The lowest BCUT2D eigenvalue weighted by atomic mass is 10.00. The van der Waals surface area contributed by atoms with Crippen molar-refractivity contribution in [3.63, 3.8) is 0 Å². The smallest absolute Gasteiger partial charge is 0.462 e. The number of rotatable bonds is 75. The zero-order valence-electron chi connectivity index (χ0n) is 61.1. The summed E-state index contributed by atoms with van der Waals surface area (Å²) in [5, 5.41) is 10.6. The standard InChI is InChI=1S/C75H146O17P2/c1-6-10-13-16-19-21-23-25-27-29-31-33-35-37-39-41-44-50-55-60-74(79)91-70(65-86-73(78)59-54-49-43-40-38-36-34-32-30-28-26-24-22-20-17-14-11-7-2)66-89-93(81,82)87-62-69(76)63-88-94(83,84)90-67-71(64-85-72(77)58-53-48-42-18-15-12-8-3)92-75(80)61-56-51-46-45-47-52-57-68(5)9-4/h68-71,76H,6-67H2,1-5H3,(H,81,82)(H,83,84)/t68?,69-,70-,71-/m1/s1. The maximum atomic E-state index is 13.1. The molecule has 17 nitrogen and oxygen atoms in total. The van der Waals surface area contributed by atoms with E-state index in [4.69, 9.17) is 37.0 Å². The molecule has 0 fully saturated rings. The van der Waals surface area contributed by atoms with Gasteiger partial charge in [-0.05, 0) is 31.6 Å². The predicted molar refractivity (Wildman–Crippen MR) is 382 cm³/mol. The van der Waals surface area contributed by atoms with E-state index >= 15 is 0 Å². The summed E-state index contributed by atoms with van der Waals surface area (Å²) < 4.78 is 68.3. The Labute approximate surface area is 575 Å². The summed E-state index contributed by atoms with van der Waals surface area (Å²) in [6.45, 7) is 7.19. The molecular formula is C75H146O17P2. The van der Waals surface area contributed by atoms with Gasteiger partial charge in [-0.2, -0.15) is 0 Å². The highest BCUT2D eigenvalue weighted by atomic mass is 31.2. The van der Waals surface area contributed by atoms with E-state index in [0.717, 1.165) is 109 Å². The third kappa shape index (κ3) is 67.3. The van der Waals surface area contributed by atoms with E-state index in [1.165, 1.54) is 205 Å². The Morgan fingerprint density at radius 3 is 0.755 bits per heavy atom. The number of phosphoric acid groups is 2. The van der Waals surface area contributed by atoms with E-state index in [0.29, 0.717) is 25.7 Å². The number of carbonyl (C=O) groups excluding carboxylic acids is 4. The summed E-state index contributed by atoms with van der Waals surface area (Å²) in [4.78, 5) is 72.6. The van der Waals surface area contributed by atoms with Gasteiger partial charge in [0.25, 0.3) is 0 Å². The van der Waals surface area contributed by atoms with Gasteiger partial charge in [0, 0.05) is 25.7 Å². The van der Waals surface area contributed by atoms with E-state index in [1.54, 1.807) is 0 Å². The van der Waals surface area contributed by atoms with Gasteiger partial charge in [-0.3, -0.25) is 37.3 Å². The first kappa shape index (κ1) is 92.1. The molecule has 0 aromatic heterocycles. The van der Waals surface area contributed by atoms with Crippen LogP contribution >= 0.6 is 15.6 Å². The van der Waals surface area contributed by atoms with Gasteiger partial charge >= 0.3 is 39.5 Å². The van der Waals surface area contributed by atoms with Crippen molar-refractivity contribution in [1.29, 1.82) is 0 Å². The molecule has 94 heavy (non-hydrogen) atoms. The SMILES string of the molecule is CCCCCCCCCCCCCCCCCCCCCC(=O)O[C@H](COC(=O)CCCCCCCCCCCCCCCCCCCC)COP(=O)(O)OC[C@@H](O)COP(=O)(O)OC[C@@H](COC(=O)CCCCCCCCC)OC(=O)CCCCCCCCC(C)CC. The molecule has 0 aromatic rings. The third-order valence-electron chi connectivity index (χ3n) is 17.9. The Balaban J connectivity index is 5.17. The zero-order valence-corrected chi connectivity index (χ0v) is 62.9. The fraction of sp³-hybridized carbons (Fsp3) is 0.947. The summed E-state index contributed by atoms with van der Waals surface area (Å²) in [6, 6.07) is 0. The van der Waals surface area contributed by atoms with Crippen molar-refractivity contribution < 1.29 is 80.2 Å². The summed E-state index contributed by atoms with van der Waals surface area (Å²) in [5.41, 5.74) is 0. The molecule has 0 aromatic carbocycles. The number of aliphatic hydroxyl groups is 1. The van der Waals surface area contributed by atoms with Crippen LogP contribution in [0, 0.1) is 5.92 Å². The van der Waals surface area contributed by atoms with E-state index in [1.807, 2.05) is 0 Å². The lowest BCUT2D eigenvalue weighted by Gasteiger charge is -2.21. The highest BCUT2D eigenvalue weighted by molar-refractivity contribution is 7.47. The Hall–Kier alpha value is -1.94. The van der Waals surface area contributed by atoms with Gasteiger partial charge in [0.15, 0.2) is 12.2 Å². The van der Waals surface area contributed by atoms with Crippen LogP contribution in [0.25, 0.3) is 0 Å². The lowest BCUT2D eigenvalue weighted by molar-refractivity contribution is -0.161. The highest BCUT2D eigenvalue weighted by Crippen LogP contribution is 2.45. The molecule has 0 aliphatic carbocycles. The monoisotopic (exact) mass is 1380 g/mol. The largest absolute Gasteiger partial charge is 0.472 e. The molecule has 0 saturated carbocycles. The number of unbranched alkanes of at least 4 members (excludes halogenated alkanes) is 46. The second-order valence-corrected chi connectivity index (χ2v) is 30.2. The molecule has 19 heteroatoms. The molecule has 3 N–H and O–H groups in total. The minimum Gasteiger partial charge on any atom is -0.462 e. The fourth-order valence-corrected chi connectivity index (χ4v) is 13.1. The Morgan fingerprint density at radius 2 is 0.511 bits per heavy atom. The molecule has 0 aliphatic rings. The lowest BCUT2D eigenvalue weighted by Crippen LogP contribution is -2.30. The van der Waals surface area contributed by atoms with Crippen molar-refractivity contribution in [1.82, 2.24) is 0 Å². The number of esters is 4. The average molecular weight is 1380 g/mol. The van der Waals surface area contributed by atoms with Crippen molar-refractivity contribution >= 4 is 39.5 Å². The Morgan fingerprint density at radius 1 is 0.298 bits per heavy atom. The average Bonchev–Trinajstić information content (AvgIpc) is 2.03. The zero-order chi connectivity index (χ0) is 69.1. The molecule has 0 amide bonds. The summed E-state index contributed by atoms with van der Waals surface area (Å²) in [6.07, 6.45) is 57.2. The quantitative estimate of drug-likeness (QED) is 0.0222. The van der Waals surface area contributed by atoms with Crippen LogP contribution in [0.3, 0.4) is 0 Å². The fourth-order valence-electron chi connectivity index (χ4n) is 11.5. The minimum atomic E-state index is -4.96. The normalized spacial score (nSPS) is 14.3. The number of ether oxygens (including phenoxy) is 4. The maximum absolute atomic E-state index is 13.1. The van der Waals surface area contributed by atoms with Gasteiger partial charge in [-0.1, -0.05) is 343 Å². The second kappa shape index (κ2) is 68.2. The third-order valence-corrected chi connectivity index (χ3v) is 19.8. The van der Waals surface area contributed by atoms with Crippen LogP contribution in [0.5, 0.6) is 0 Å². The van der Waals surface area contributed by atoms with Crippen LogP contribution < -0.4 is 0 Å². The molecule has 0 rings (SSSR count). The van der Waals surface area contributed by atoms with Gasteiger partial charge in [0.05, 0.1) is 26.4 Å². The van der Waals surface area contributed by atoms with Gasteiger partial charge < -0.3 is 33.8 Å². The van der Waals surface area contributed by atoms with Gasteiger partial charge in [-0.25, -0.2) is 9.13 Å². The molecule has 0 spiro atoms. The summed E-state index contributed by atoms with van der Waals surface area (Å²) >= 11 is 0. The van der Waals surface area contributed by atoms with E-state index in [2.05, 4.69) is 34.6 Å². The summed E-state index contributed by atoms with van der Waals surface area (Å²) in [7, 11) is -9.90. The topological polar surface area (TPSA) is 237 Å². The van der Waals surface area contributed by atoms with Crippen LogP contribution in [0.2, 0.25) is 0 Å². The van der Waals surface area contributed by atoms with Crippen LogP contribution in [0.1, 0.15) is 394 Å². The molecule has 558 valence electrons. The number of hydrogen-bond donors (Lipinski definition) is 3. The van der Waals surface area contributed by atoms with Crippen molar-refractivity contribution in [2.75, 3.05) is 39.6 Å². The number of hydrogen-bond acceptors (Lipinski definition) is 15. The Bertz CT molecular complexity index is 1810. The van der Waals surface area contributed by atoms with Gasteiger partial charge in [0.2, 0.25) is 0 Å². The van der Waals surface area contributed by atoms with E-state index in [-0.39, 0.29) is 25.7 Å². The summed E-state index contributed by atoms with van der Waals surface area (Å²) in [5.74, 6) is -1.40. The van der Waals surface area contributed by atoms with Crippen LogP contribution in [-0.4, -0.2) is 96.7 Å². The first-order valence-corrected chi connectivity index (χ1v) is 42.2. The Kier molecular flexibility index (Phi) is 66.8. The van der Waals surface area contributed by atoms with Crippen LogP contribution in [-0.2, 0) is 65.4 Å². The van der Waals surface area contributed by atoms with Crippen molar-refractivity contribution in [2.24, 2.45) is 5.92 Å². The van der Waals surface area contributed by atoms with Gasteiger partial charge in [0.1, 0.15) is 19.3 Å². The number of phosphoric ester groups is 2. The first-order valence-electron chi connectivity index (χ1n) is 39.2. The van der Waals surface area contributed by atoms with Crippen LogP contribution in [0.4, 0.5) is 0 Å². The van der Waals surface area contributed by atoms with Gasteiger partial charge in [-0.15, -0.1) is 0 Å². The molecule has 0 aliphatic heterocycles. The number of aliphatic hydroxyl groups excluding tert-OH is 1. The van der Waals surface area contributed by atoms with E-state index < -0.39 is 97.5 Å². The first-order chi connectivity index (χ1) is 45.6. The maximum Gasteiger partial charge on any atom is 0.472 e. The molecule has 6 atom stereocenters. The molecule has 3 unspecified atom stereocenters. The van der Waals surface area contributed by atoms with Crippen molar-refractivity contribution in [2.45, 2.75) is 412 Å².